The molecule has 4 heterocycles. The van der Waals surface area contributed by atoms with Crippen molar-refractivity contribution in [1.29, 1.82) is 0 Å². The number of H-pyrrole nitrogens is 1. The second-order valence-electron chi connectivity index (χ2n) is 9.88. The number of nitrogens with zero attached hydrogens (tertiary/aromatic N) is 5. The monoisotopic (exact) mass is 537 g/mol. The fourth-order valence-electron chi connectivity index (χ4n) is 5.04. The van der Waals surface area contributed by atoms with Crippen LogP contribution in [0.2, 0.25) is 0 Å². The SMILES string of the molecule is CCCC1CC(N(C)c2nc(COC3COC3)c(F)c(Nc3cc(C)[nH]n3)n2)CC(CC)N1S(=O)CC. The largest absolute Gasteiger partial charge is 0.376 e. The fraction of sp³-hybridized carbons (Fsp3) is 0.720. The highest BCUT2D eigenvalue weighted by atomic mass is 32.2. The van der Waals surface area contributed by atoms with E-state index in [1.807, 2.05) is 25.8 Å². The summed E-state index contributed by atoms with van der Waals surface area (Å²) < 4.78 is 41.6. The van der Waals surface area contributed by atoms with Gasteiger partial charge in [0, 0.05) is 42.7 Å². The second kappa shape index (κ2) is 12.6. The normalized spacial score (nSPS) is 23.6. The topological polar surface area (TPSA) is 108 Å². The van der Waals surface area contributed by atoms with Gasteiger partial charge in [0.1, 0.15) is 11.8 Å². The van der Waals surface area contributed by atoms with E-state index >= 15 is 4.39 Å². The number of halogens is 1. The lowest BCUT2D eigenvalue weighted by atomic mass is 9.89. The zero-order chi connectivity index (χ0) is 26.5. The molecular formula is C25H40FN7O3S. The molecule has 4 rings (SSSR count). The quantitative estimate of drug-likeness (QED) is 0.421. The van der Waals surface area contributed by atoms with Gasteiger partial charge in [0.15, 0.2) is 17.5 Å². The van der Waals surface area contributed by atoms with E-state index in [2.05, 4.69) is 43.6 Å². The number of ether oxygens (including phenoxy) is 2. The summed E-state index contributed by atoms with van der Waals surface area (Å²) in [5.74, 6) is 1.04. The lowest BCUT2D eigenvalue weighted by Gasteiger charge is -2.46. The van der Waals surface area contributed by atoms with Crippen LogP contribution in [0, 0.1) is 12.7 Å². The summed E-state index contributed by atoms with van der Waals surface area (Å²) in [6.45, 7) is 9.21. The predicted octanol–water partition coefficient (Wildman–Crippen LogP) is 3.84. The lowest BCUT2D eigenvalue weighted by molar-refractivity contribution is -0.136. The van der Waals surface area contributed by atoms with Gasteiger partial charge in [-0.1, -0.05) is 27.2 Å². The molecule has 10 nitrogen and oxygen atoms in total. The summed E-state index contributed by atoms with van der Waals surface area (Å²) in [4.78, 5) is 11.2. The van der Waals surface area contributed by atoms with Gasteiger partial charge in [-0.2, -0.15) is 10.1 Å². The molecule has 0 bridgehead atoms. The van der Waals surface area contributed by atoms with Gasteiger partial charge in [-0.25, -0.2) is 17.9 Å². The summed E-state index contributed by atoms with van der Waals surface area (Å²) in [5, 5.41) is 10.0. The van der Waals surface area contributed by atoms with Gasteiger partial charge in [-0.15, -0.1) is 0 Å². The van der Waals surface area contributed by atoms with Crippen molar-refractivity contribution in [1.82, 2.24) is 24.5 Å². The Morgan fingerprint density at radius 2 is 2.03 bits per heavy atom. The van der Waals surface area contributed by atoms with Crippen LogP contribution in [0.4, 0.5) is 22.0 Å². The van der Waals surface area contributed by atoms with Gasteiger partial charge in [0.2, 0.25) is 5.95 Å². The first-order valence-electron chi connectivity index (χ1n) is 13.3. The molecule has 2 aromatic rings. The molecule has 0 aliphatic carbocycles. The third kappa shape index (κ3) is 6.47. The van der Waals surface area contributed by atoms with Crippen LogP contribution in [0.25, 0.3) is 0 Å². The number of nitrogens with one attached hydrogen (secondary N) is 2. The maximum absolute atomic E-state index is 15.5. The number of anilines is 3. The third-order valence-electron chi connectivity index (χ3n) is 7.17. The third-order valence-corrected chi connectivity index (χ3v) is 8.73. The van der Waals surface area contributed by atoms with Crippen LogP contribution in [0.3, 0.4) is 0 Å². The van der Waals surface area contributed by atoms with Crippen molar-refractivity contribution in [2.24, 2.45) is 0 Å². The van der Waals surface area contributed by atoms with Crippen molar-refractivity contribution in [2.75, 3.05) is 36.2 Å². The van der Waals surface area contributed by atoms with E-state index in [0.717, 1.165) is 37.8 Å². The predicted molar refractivity (Wildman–Crippen MR) is 143 cm³/mol. The molecule has 0 saturated carbocycles. The van der Waals surface area contributed by atoms with E-state index in [1.165, 1.54) is 0 Å². The number of rotatable bonds is 12. The lowest BCUT2D eigenvalue weighted by Crippen LogP contribution is -2.55. The standard InChI is InChI=1S/C25H40FN7O3S/c1-6-9-18-12-19(11-17(7-2)33(18)37(34)8-3)32(5)25-27-21(15-36-20-13-35-14-20)23(26)24(29-25)28-22-10-16(4)30-31-22/h10,17-20H,6-9,11-15H2,1-5H3,(H2,27,28,29,30,31). The number of hydrogen-bond donors (Lipinski definition) is 2. The minimum atomic E-state index is -0.994. The van der Waals surface area contributed by atoms with Gasteiger partial charge in [0.25, 0.3) is 0 Å². The Labute approximate surface area is 221 Å². The smallest absolute Gasteiger partial charge is 0.227 e. The van der Waals surface area contributed by atoms with Crippen LogP contribution in [0.1, 0.15) is 64.3 Å². The van der Waals surface area contributed by atoms with Crippen LogP contribution < -0.4 is 10.2 Å². The molecule has 2 aliphatic rings. The first kappa shape index (κ1) is 27.9. The molecule has 2 aliphatic heterocycles. The van der Waals surface area contributed by atoms with E-state index in [4.69, 9.17) is 9.47 Å². The minimum absolute atomic E-state index is 0.0292. The Morgan fingerprint density at radius 1 is 1.27 bits per heavy atom. The van der Waals surface area contributed by atoms with Gasteiger partial charge in [0.05, 0.1) is 30.8 Å². The zero-order valence-corrected chi connectivity index (χ0v) is 23.3. The molecule has 2 aromatic heterocycles. The van der Waals surface area contributed by atoms with Crippen molar-refractivity contribution in [3.8, 4) is 0 Å². The average Bonchev–Trinajstić information content (AvgIpc) is 3.28. The highest BCUT2D eigenvalue weighted by molar-refractivity contribution is 7.82. The number of aromatic nitrogens is 4. The number of aromatic amines is 1. The van der Waals surface area contributed by atoms with Gasteiger partial charge >= 0.3 is 0 Å². The Morgan fingerprint density at radius 3 is 2.62 bits per heavy atom. The van der Waals surface area contributed by atoms with Gasteiger partial charge < -0.3 is 19.7 Å². The van der Waals surface area contributed by atoms with E-state index < -0.39 is 16.8 Å². The van der Waals surface area contributed by atoms with Crippen LogP contribution in [-0.2, 0) is 27.1 Å². The van der Waals surface area contributed by atoms with Crippen LogP contribution in [-0.4, -0.2) is 78.9 Å². The van der Waals surface area contributed by atoms with Crippen molar-refractivity contribution >= 4 is 28.6 Å². The maximum atomic E-state index is 15.5. The summed E-state index contributed by atoms with van der Waals surface area (Å²) in [7, 11) is 0.971. The van der Waals surface area contributed by atoms with Crippen molar-refractivity contribution in [3.63, 3.8) is 0 Å². The molecule has 4 atom stereocenters. The zero-order valence-electron chi connectivity index (χ0n) is 22.5. The Hall–Kier alpha value is -2.15. The van der Waals surface area contributed by atoms with Crippen LogP contribution in [0.15, 0.2) is 6.07 Å². The first-order chi connectivity index (χ1) is 17.8. The molecule has 37 heavy (non-hydrogen) atoms. The molecule has 0 spiro atoms. The molecule has 2 fully saturated rings. The Bertz CT molecular complexity index is 1070. The van der Waals surface area contributed by atoms with Gasteiger partial charge in [-0.3, -0.25) is 5.10 Å². The van der Waals surface area contributed by atoms with Crippen LogP contribution in [0.5, 0.6) is 0 Å². The molecule has 0 radical (unpaired) electrons. The van der Waals surface area contributed by atoms with Crippen molar-refractivity contribution in [2.45, 2.75) is 90.6 Å². The van der Waals surface area contributed by atoms with Crippen molar-refractivity contribution < 1.29 is 18.1 Å². The summed E-state index contributed by atoms with van der Waals surface area (Å²) in [6.07, 6.45) is 4.54. The highest BCUT2D eigenvalue weighted by Crippen LogP contribution is 2.34. The second-order valence-corrected chi connectivity index (χ2v) is 11.5. The van der Waals surface area contributed by atoms with E-state index in [9.17, 15) is 4.21 Å². The average molecular weight is 538 g/mol. The number of hydrogen-bond acceptors (Lipinski definition) is 8. The van der Waals surface area contributed by atoms with Crippen LogP contribution >= 0.6 is 0 Å². The molecule has 4 unspecified atom stereocenters. The fourth-order valence-corrected chi connectivity index (χ4v) is 6.43. The van der Waals surface area contributed by atoms with Gasteiger partial charge in [-0.05, 0) is 32.6 Å². The Balaban J connectivity index is 1.62. The van der Waals surface area contributed by atoms with Crippen molar-refractivity contribution in [3.05, 3.63) is 23.3 Å². The van der Waals surface area contributed by atoms with E-state index in [0.29, 0.717) is 30.7 Å². The van der Waals surface area contributed by atoms with E-state index in [-0.39, 0.29) is 42.3 Å². The number of piperidine rings is 1. The molecule has 206 valence electrons. The summed E-state index contributed by atoms with van der Waals surface area (Å²) in [6, 6.07) is 2.33. The Kier molecular flexibility index (Phi) is 9.49. The van der Waals surface area contributed by atoms with E-state index in [1.54, 1.807) is 6.07 Å². The highest BCUT2D eigenvalue weighted by Gasteiger charge is 2.39. The molecule has 2 N–H and O–H groups in total. The first-order valence-corrected chi connectivity index (χ1v) is 14.6. The number of aryl methyl sites for hydroxylation is 1. The molecule has 0 amide bonds. The summed E-state index contributed by atoms with van der Waals surface area (Å²) in [5.41, 5.74) is 1.05. The maximum Gasteiger partial charge on any atom is 0.227 e. The molecule has 2 saturated heterocycles. The minimum Gasteiger partial charge on any atom is -0.376 e. The summed E-state index contributed by atoms with van der Waals surface area (Å²) >= 11 is 0. The molecule has 0 aromatic carbocycles. The molecule has 12 heteroatoms. The molecular weight excluding hydrogens is 497 g/mol.